The lowest BCUT2D eigenvalue weighted by Gasteiger charge is -2.38. The minimum absolute atomic E-state index is 0.0294. The molecule has 2 aromatic rings. The molecular weight excluding hydrogens is 489 g/mol. The minimum atomic E-state index is -4.78. The van der Waals surface area contributed by atoms with E-state index >= 15 is 0 Å². The standard InChI is InChI=1S/C24H38N3O8P/c25-10-2-1-9-21(12-26-11-17-5-3-7-19(14-28)23(17)31)27(22(16-30)36(33,34)35)13-18-6-4-8-20(15-29)24(18)32/h3-8,21-22,26,28-32H,1-2,9-16,25H2,(H2,33,34,35). The number of aliphatic hydroxyl groups excluding tert-OH is 3. The molecule has 0 aliphatic carbocycles. The fourth-order valence-corrected chi connectivity index (χ4v) is 5.05. The van der Waals surface area contributed by atoms with Gasteiger partial charge in [0.1, 0.15) is 17.3 Å². The first kappa shape index (κ1) is 30.2. The molecule has 0 spiro atoms. The SMILES string of the molecule is NCCCCC(CNCc1cccc(CO)c1O)N(Cc1cccc(CO)c1O)C(CO)P(=O)(O)O. The summed E-state index contributed by atoms with van der Waals surface area (Å²) in [6.45, 7) is -0.696. The van der Waals surface area contributed by atoms with Crippen LogP contribution in [0.4, 0.5) is 0 Å². The number of phenols is 2. The van der Waals surface area contributed by atoms with Crippen molar-refractivity contribution < 1.29 is 39.9 Å². The van der Waals surface area contributed by atoms with E-state index < -0.39 is 32.6 Å². The van der Waals surface area contributed by atoms with Gasteiger partial charge in [0.15, 0.2) is 0 Å². The maximum Gasteiger partial charge on any atom is 0.344 e. The van der Waals surface area contributed by atoms with Gasteiger partial charge in [-0.05, 0) is 19.4 Å². The molecular formula is C24H38N3O8P. The van der Waals surface area contributed by atoms with E-state index in [0.29, 0.717) is 42.5 Å². The van der Waals surface area contributed by atoms with Gasteiger partial charge in [0.2, 0.25) is 0 Å². The van der Waals surface area contributed by atoms with Crippen LogP contribution in [-0.4, -0.2) is 71.7 Å². The quantitative estimate of drug-likeness (QED) is 0.110. The van der Waals surface area contributed by atoms with Crippen molar-refractivity contribution in [2.75, 3.05) is 19.7 Å². The number of aromatic hydroxyl groups is 2. The Morgan fingerprint density at radius 1 is 0.889 bits per heavy atom. The van der Waals surface area contributed by atoms with Gasteiger partial charge in [-0.15, -0.1) is 0 Å². The van der Waals surface area contributed by atoms with Crippen molar-refractivity contribution in [1.82, 2.24) is 10.2 Å². The molecule has 0 amide bonds. The van der Waals surface area contributed by atoms with Crippen LogP contribution < -0.4 is 11.1 Å². The topological polar surface area (TPSA) is 200 Å². The average molecular weight is 528 g/mol. The largest absolute Gasteiger partial charge is 0.507 e. The number of nitrogens with two attached hydrogens (primary N) is 1. The number of benzene rings is 2. The Hall–Kier alpha value is -2.05. The maximum absolute atomic E-state index is 12.3. The highest BCUT2D eigenvalue weighted by molar-refractivity contribution is 7.52. The van der Waals surface area contributed by atoms with Crippen molar-refractivity contribution in [3.63, 3.8) is 0 Å². The van der Waals surface area contributed by atoms with Gasteiger partial charge in [0, 0.05) is 47.9 Å². The third-order valence-electron chi connectivity index (χ3n) is 6.19. The molecule has 0 saturated heterocycles. The molecule has 2 atom stereocenters. The zero-order chi connectivity index (χ0) is 26.7. The summed E-state index contributed by atoms with van der Waals surface area (Å²) in [5.74, 6) is -1.73. The highest BCUT2D eigenvalue weighted by Crippen LogP contribution is 2.44. The van der Waals surface area contributed by atoms with Crippen LogP contribution in [0.2, 0.25) is 0 Å². The molecule has 0 heterocycles. The van der Waals surface area contributed by atoms with Crippen LogP contribution in [0.15, 0.2) is 36.4 Å². The van der Waals surface area contributed by atoms with E-state index in [1.54, 1.807) is 36.4 Å². The van der Waals surface area contributed by atoms with Gasteiger partial charge in [-0.1, -0.05) is 42.8 Å². The summed E-state index contributed by atoms with van der Waals surface area (Å²) in [7, 11) is -4.78. The van der Waals surface area contributed by atoms with Gasteiger partial charge in [-0.3, -0.25) is 9.46 Å². The molecule has 2 aromatic carbocycles. The summed E-state index contributed by atoms with van der Waals surface area (Å²) in [6, 6.07) is 9.30. The molecule has 0 bridgehead atoms. The van der Waals surface area contributed by atoms with E-state index in [-0.39, 0.29) is 43.3 Å². The molecule has 0 aliphatic rings. The molecule has 36 heavy (non-hydrogen) atoms. The van der Waals surface area contributed by atoms with E-state index in [0.717, 1.165) is 0 Å². The number of hydrogen-bond acceptors (Lipinski definition) is 9. The summed E-state index contributed by atoms with van der Waals surface area (Å²) in [6.07, 6.45) is 1.84. The molecule has 2 rings (SSSR count). The van der Waals surface area contributed by atoms with Crippen molar-refractivity contribution >= 4 is 7.60 Å². The number of nitrogens with zero attached hydrogens (tertiary/aromatic N) is 1. The zero-order valence-electron chi connectivity index (χ0n) is 20.2. The average Bonchev–Trinajstić information content (AvgIpc) is 2.84. The van der Waals surface area contributed by atoms with Crippen molar-refractivity contribution in [3.8, 4) is 11.5 Å². The predicted molar refractivity (Wildman–Crippen MR) is 135 cm³/mol. The number of rotatable bonds is 16. The second-order valence-electron chi connectivity index (χ2n) is 8.66. The lowest BCUT2D eigenvalue weighted by molar-refractivity contribution is 0.0929. The lowest BCUT2D eigenvalue weighted by Crippen LogP contribution is -2.48. The van der Waals surface area contributed by atoms with Crippen molar-refractivity contribution in [3.05, 3.63) is 58.7 Å². The fraction of sp³-hybridized carbons (Fsp3) is 0.500. The Balaban J connectivity index is 2.36. The Morgan fingerprint density at radius 3 is 1.97 bits per heavy atom. The second-order valence-corrected chi connectivity index (χ2v) is 10.4. The van der Waals surface area contributed by atoms with Crippen molar-refractivity contribution in [2.45, 2.75) is 57.4 Å². The smallest absolute Gasteiger partial charge is 0.344 e. The van der Waals surface area contributed by atoms with Crippen LogP contribution in [0.3, 0.4) is 0 Å². The van der Waals surface area contributed by atoms with Crippen LogP contribution in [-0.2, 0) is 30.9 Å². The number of nitrogens with one attached hydrogen (secondary N) is 1. The molecule has 0 radical (unpaired) electrons. The fourth-order valence-electron chi connectivity index (χ4n) is 4.18. The summed E-state index contributed by atoms with van der Waals surface area (Å²) >= 11 is 0. The summed E-state index contributed by atoms with van der Waals surface area (Å²) < 4.78 is 12.3. The Kier molecular flexibility index (Phi) is 12.3. The van der Waals surface area contributed by atoms with E-state index in [1.807, 2.05) is 0 Å². The van der Waals surface area contributed by atoms with E-state index in [4.69, 9.17) is 5.73 Å². The van der Waals surface area contributed by atoms with E-state index in [9.17, 15) is 39.9 Å². The maximum atomic E-state index is 12.3. The van der Waals surface area contributed by atoms with Crippen LogP contribution in [0.25, 0.3) is 0 Å². The van der Waals surface area contributed by atoms with Crippen LogP contribution in [0, 0.1) is 0 Å². The second kappa shape index (κ2) is 14.6. The zero-order valence-corrected chi connectivity index (χ0v) is 21.1. The van der Waals surface area contributed by atoms with Crippen LogP contribution in [0.1, 0.15) is 41.5 Å². The van der Waals surface area contributed by atoms with Gasteiger partial charge >= 0.3 is 7.60 Å². The molecule has 0 aliphatic heterocycles. The first-order chi connectivity index (χ1) is 17.2. The first-order valence-corrected chi connectivity index (χ1v) is 13.5. The number of hydrogen-bond donors (Lipinski definition) is 9. The molecule has 0 fully saturated rings. The predicted octanol–water partition coefficient (Wildman–Crippen LogP) is 0.668. The van der Waals surface area contributed by atoms with Gasteiger partial charge in [-0.25, -0.2) is 0 Å². The van der Waals surface area contributed by atoms with Gasteiger partial charge in [0.05, 0.1) is 19.8 Å². The molecule has 10 N–H and O–H groups in total. The highest BCUT2D eigenvalue weighted by atomic mass is 31.2. The van der Waals surface area contributed by atoms with E-state index in [1.165, 1.54) is 4.90 Å². The van der Waals surface area contributed by atoms with Crippen LogP contribution in [0.5, 0.6) is 11.5 Å². The Labute approximate surface area is 211 Å². The van der Waals surface area contributed by atoms with Gasteiger partial charge < -0.3 is 46.4 Å². The van der Waals surface area contributed by atoms with Crippen molar-refractivity contribution in [1.29, 1.82) is 0 Å². The van der Waals surface area contributed by atoms with Gasteiger partial charge in [0.25, 0.3) is 0 Å². The molecule has 12 heteroatoms. The summed E-state index contributed by atoms with van der Waals surface area (Å²) in [5, 5.41) is 53.0. The van der Waals surface area contributed by atoms with E-state index in [2.05, 4.69) is 5.32 Å². The Morgan fingerprint density at radius 2 is 1.44 bits per heavy atom. The lowest BCUT2D eigenvalue weighted by atomic mass is 10.0. The third kappa shape index (κ3) is 8.24. The summed E-state index contributed by atoms with van der Waals surface area (Å²) in [4.78, 5) is 21.5. The summed E-state index contributed by atoms with van der Waals surface area (Å²) in [5.41, 5.74) is 7.21. The molecule has 202 valence electrons. The number of para-hydroxylation sites is 2. The highest BCUT2D eigenvalue weighted by Gasteiger charge is 2.38. The van der Waals surface area contributed by atoms with Crippen molar-refractivity contribution in [2.24, 2.45) is 5.73 Å². The number of aliphatic hydroxyl groups is 3. The Bertz CT molecular complexity index is 1000. The normalized spacial score (nSPS) is 13.8. The number of unbranched alkanes of at least 4 members (excludes halogenated alkanes) is 1. The molecule has 0 saturated carbocycles. The monoisotopic (exact) mass is 527 g/mol. The first-order valence-electron chi connectivity index (χ1n) is 11.8. The molecule has 11 nitrogen and oxygen atoms in total. The minimum Gasteiger partial charge on any atom is -0.507 e. The molecule has 2 unspecified atom stereocenters. The third-order valence-corrected chi connectivity index (χ3v) is 7.43. The van der Waals surface area contributed by atoms with Gasteiger partial charge in [-0.2, -0.15) is 0 Å². The van der Waals surface area contributed by atoms with Crippen LogP contribution >= 0.6 is 7.60 Å². The molecule has 0 aromatic heterocycles.